The van der Waals surface area contributed by atoms with Gasteiger partial charge in [-0.1, -0.05) is 48.4 Å². The van der Waals surface area contributed by atoms with Crippen molar-refractivity contribution >= 4 is 23.3 Å². The van der Waals surface area contributed by atoms with E-state index in [9.17, 15) is 14.7 Å². The highest BCUT2D eigenvalue weighted by atomic mass is 16.6. The van der Waals surface area contributed by atoms with Crippen molar-refractivity contribution < 1.29 is 19.4 Å². The minimum atomic E-state index is -1.55. The maximum atomic E-state index is 13.4. The highest BCUT2D eigenvalue weighted by Crippen LogP contribution is 2.51. The fraction of sp³-hybridized carbons (Fsp3) is 0.548. The molecule has 2 saturated carbocycles. The molecule has 3 aliphatic rings. The second kappa shape index (κ2) is 10.8. The molecule has 0 bridgehead atoms. The molecular formula is C31H38N4O4. The van der Waals surface area contributed by atoms with Crippen LogP contribution in [0.3, 0.4) is 0 Å². The summed E-state index contributed by atoms with van der Waals surface area (Å²) < 4.78 is 7.91. The third kappa shape index (κ3) is 5.12. The normalized spacial score (nSPS) is 21.6. The smallest absolute Gasteiger partial charge is 0.343 e. The van der Waals surface area contributed by atoms with Gasteiger partial charge < -0.3 is 14.7 Å². The number of aldehydes is 1. The summed E-state index contributed by atoms with van der Waals surface area (Å²) in [5.74, 6) is -0.532. The number of piperidine rings is 1. The number of aliphatic hydroxyl groups is 1. The molecule has 0 amide bonds. The summed E-state index contributed by atoms with van der Waals surface area (Å²) in [5.41, 5.74) is 1.71. The monoisotopic (exact) mass is 530 g/mol. The summed E-state index contributed by atoms with van der Waals surface area (Å²) in [6.45, 7) is 3.91. The van der Waals surface area contributed by atoms with Crippen LogP contribution in [-0.2, 0) is 21.7 Å². The van der Waals surface area contributed by atoms with E-state index in [0.29, 0.717) is 11.1 Å². The van der Waals surface area contributed by atoms with Crippen LogP contribution in [0.5, 0.6) is 0 Å². The molecule has 2 aromatic carbocycles. The van der Waals surface area contributed by atoms with Crippen LogP contribution < -0.4 is 0 Å². The molecule has 206 valence electrons. The third-order valence-electron chi connectivity index (χ3n) is 9.50. The van der Waals surface area contributed by atoms with Gasteiger partial charge in [-0.25, -0.2) is 9.48 Å². The van der Waals surface area contributed by atoms with E-state index in [2.05, 4.69) is 15.2 Å². The first-order valence-corrected chi connectivity index (χ1v) is 14.5. The molecule has 1 aromatic heterocycles. The van der Waals surface area contributed by atoms with Crippen LogP contribution in [-0.4, -0.2) is 63.0 Å². The first kappa shape index (κ1) is 26.1. The zero-order valence-corrected chi connectivity index (χ0v) is 22.5. The second-order valence-corrected chi connectivity index (χ2v) is 11.9. The number of ether oxygens (including phenoxy) is 1. The van der Waals surface area contributed by atoms with Gasteiger partial charge in [-0.05, 0) is 93.8 Å². The number of hydrogen-bond acceptors (Lipinski definition) is 7. The quantitative estimate of drug-likeness (QED) is 0.321. The minimum absolute atomic E-state index is 0.0750. The van der Waals surface area contributed by atoms with Crippen molar-refractivity contribution in [2.45, 2.75) is 76.0 Å². The van der Waals surface area contributed by atoms with Crippen molar-refractivity contribution in [2.75, 3.05) is 19.6 Å². The van der Waals surface area contributed by atoms with E-state index >= 15 is 0 Å². The van der Waals surface area contributed by atoms with Gasteiger partial charge >= 0.3 is 5.97 Å². The largest absolute Gasteiger partial charge is 0.460 e. The Balaban J connectivity index is 0.974. The summed E-state index contributed by atoms with van der Waals surface area (Å²) in [6, 6.07) is 14.9. The molecule has 8 heteroatoms. The highest BCUT2D eigenvalue weighted by molar-refractivity contribution is 5.84. The molecule has 1 unspecified atom stereocenters. The van der Waals surface area contributed by atoms with Crippen molar-refractivity contribution in [3.05, 3.63) is 59.7 Å². The van der Waals surface area contributed by atoms with E-state index in [1.54, 1.807) is 12.1 Å². The lowest BCUT2D eigenvalue weighted by Crippen LogP contribution is -2.52. The van der Waals surface area contributed by atoms with Gasteiger partial charge in [-0.15, -0.1) is 5.10 Å². The molecule has 0 radical (unpaired) electrons. The number of benzene rings is 2. The fourth-order valence-electron chi connectivity index (χ4n) is 7.12. The lowest BCUT2D eigenvalue weighted by molar-refractivity contribution is -0.192. The lowest BCUT2D eigenvalue weighted by Gasteiger charge is -2.52. The average molecular weight is 531 g/mol. The molecule has 8 nitrogen and oxygen atoms in total. The third-order valence-corrected chi connectivity index (χ3v) is 9.50. The van der Waals surface area contributed by atoms with Gasteiger partial charge in [0.05, 0.1) is 5.52 Å². The van der Waals surface area contributed by atoms with Crippen molar-refractivity contribution in [1.29, 1.82) is 0 Å². The Morgan fingerprint density at radius 2 is 1.82 bits per heavy atom. The molecule has 3 fully saturated rings. The van der Waals surface area contributed by atoms with E-state index in [1.807, 2.05) is 41.1 Å². The van der Waals surface area contributed by atoms with Crippen LogP contribution in [0.15, 0.2) is 48.5 Å². The first-order chi connectivity index (χ1) is 19.0. The lowest BCUT2D eigenvalue weighted by atomic mass is 9.61. The zero-order chi connectivity index (χ0) is 26.9. The van der Waals surface area contributed by atoms with E-state index in [0.717, 1.165) is 101 Å². The van der Waals surface area contributed by atoms with Crippen LogP contribution in [0.25, 0.3) is 11.0 Å². The number of carbonyl (C=O) groups excluding carboxylic acids is 2. The second-order valence-electron chi connectivity index (χ2n) is 11.9. The summed E-state index contributed by atoms with van der Waals surface area (Å²) >= 11 is 0. The number of esters is 1. The molecule has 1 atom stereocenters. The zero-order valence-electron chi connectivity index (χ0n) is 22.5. The van der Waals surface area contributed by atoms with E-state index in [-0.39, 0.29) is 17.4 Å². The van der Waals surface area contributed by atoms with Crippen LogP contribution in [0.2, 0.25) is 0 Å². The molecule has 1 aliphatic heterocycles. The Kier molecular flexibility index (Phi) is 7.25. The number of aromatic nitrogens is 3. The number of hydrogen-bond donors (Lipinski definition) is 1. The summed E-state index contributed by atoms with van der Waals surface area (Å²) in [4.78, 5) is 26.9. The van der Waals surface area contributed by atoms with Crippen molar-refractivity contribution in [3.63, 3.8) is 0 Å². The van der Waals surface area contributed by atoms with Crippen molar-refractivity contribution in [2.24, 2.45) is 11.3 Å². The van der Waals surface area contributed by atoms with Crippen LogP contribution in [0, 0.1) is 11.3 Å². The molecular weight excluding hydrogens is 492 g/mol. The Labute approximate surface area is 229 Å². The standard InChI is InChI=1S/C31H38N4O4/c36-22-23-11-12-28-27(19-23)32-33-35(28)16-6-15-34-17-13-30(14-18-34)20-26(21-30)39-29(37)31(38,25-9-4-5-10-25)24-7-2-1-3-8-24/h1-3,7-8,11-12,19,22,25-26,38H,4-6,9-10,13-18,20-21H2. The molecule has 39 heavy (non-hydrogen) atoms. The molecule has 1 saturated heterocycles. The van der Waals surface area contributed by atoms with Gasteiger partial charge in [0.1, 0.15) is 17.9 Å². The number of likely N-dealkylation sites (tertiary alicyclic amines) is 1. The molecule has 1 spiro atoms. The van der Waals surface area contributed by atoms with E-state index in [1.165, 1.54) is 0 Å². The molecule has 6 rings (SSSR count). The average Bonchev–Trinajstić information content (AvgIpc) is 3.64. The van der Waals surface area contributed by atoms with Gasteiger partial charge in [0.25, 0.3) is 0 Å². The molecule has 2 aliphatic carbocycles. The fourth-order valence-corrected chi connectivity index (χ4v) is 7.12. The Morgan fingerprint density at radius 3 is 2.54 bits per heavy atom. The van der Waals surface area contributed by atoms with Crippen LogP contribution in [0.1, 0.15) is 73.7 Å². The number of nitrogens with zero attached hydrogens (tertiary/aromatic N) is 4. The number of carbonyl (C=O) groups is 2. The predicted octanol–water partition coefficient (Wildman–Crippen LogP) is 4.50. The number of aryl methyl sites for hydroxylation is 1. The Bertz CT molecular complexity index is 1300. The van der Waals surface area contributed by atoms with Crippen molar-refractivity contribution in [1.82, 2.24) is 19.9 Å². The molecule has 1 N–H and O–H groups in total. The maximum Gasteiger partial charge on any atom is 0.343 e. The van der Waals surface area contributed by atoms with Gasteiger partial charge in [0.15, 0.2) is 5.60 Å². The Morgan fingerprint density at radius 1 is 1.08 bits per heavy atom. The first-order valence-electron chi connectivity index (χ1n) is 14.5. The number of fused-ring (bicyclic) bond motifs is 1. The molecule has 3 aromatic rings. The Hall–Kier alpha value is -3.10. The van der Waals surface area contributed by atoms with Crippen LogP contribution in [0.4, 0.5) is 0 Å². The van der Waals surface area contributed by atoms with E-state index in [4.69, 9.17) is 4.74 Å². The van der Waals surface area contributed by atoms with Gasteiger partial charge in [0.2, 0.25) is 0 Å². The van der Waals surface area contributed by atoms with Gasteiger partial charge in [0, 0.05) is 18.0 Å². The van der Waals surface area contributed by atoms with Gasteiger partial charge in [-0.2, -0.15) is 0 Å². The van der Waals surface area contributed by atoms with E-state index < -0.39 is 11.6 Å². The number of rotatable bonds is 9. The highest BCUT2D eigenvalue weighted by Gasteiger charge is 2.52. The predicted molar refractivity (Wildman–Crippen MR) is 147 cm³/mol. The van der Waals surface area contributed by atoms with Crippen molar-refractivity contribution in [3.8, 4) is 0 Å². The minimum Gasteiger partial charge on any atom is -0.460 e. The van der Waals surface area contributed by atoms with Crippen LogP contribution >= 0.6 is 0 Å². The maximum absolute atomic E-state index is 13.4. The summed E-state index contributed by atoms with van der Waals surface area (Å²) in [7, 11) is 0. The molecule has 2 heterocycles. The summed E-state index contributed by atoms with van der Waals surface area (Å²) in [5, 5.41) is 20.2. The van der Waals surface area contributed by atoms with Gasteiger partial charge in [-0.3, -0.25) is 4.79 Å². The topological polar surface area (TPSA) is 97.5 Å². The summed E-state index contributed by atoms with van der Waals surface area (Å²) in [6.07, 6.45) is 9.57. The SMILES string of the molecule is O=Cc1ccc2c(c1)nnn2CCCN1CCC2(CC1)CC(OC(=O)C(O)(c1ccccc1)C1CCCC1)C2.